The summed E-state index contributed by atoms with van der Waals surface area (Å²) in [6, 6.07) is 10.5. The van der Waals surface area contributed by atoms with Gasteiger partial charge in [-0.2, -0.15) is 4.31 Å². The number of nitrogens with zero attached hydrogens (tertiary/aromatic N) is 1. The molecule has 3 aromatic rings. The van der Waals surface area contributed by atoms with E-state index in [2.05, 4.69) is 5.32 Å². The van der Waals surface area contributed by atoms with Gasteiger partial charge in [-0.25, -0.2) is 21.6 Å². The van der Waals surface area contributed by atoms with Crippen LogP contribution in [0.15, 0.2) is 58.1 Å². The molecule has 1 unspecified atom stereocenters. The molecule has 1 atom stereocenters. The number of hydrogen-bond donors (Lipinski definition) is 1. The molecule has 1 N–H and O–H groups in total. The van der Waals surface area contributed by atoms with E-state index in [1.165, 1.54) is 6.07 Å². The smallest absolute Gasteiger partial charge is 0.253 e. The van der Waals surface area contributed by atoms with Crippen LogP contribution in [0.3, 0.4) is 0 Å². The zero-order valence-corrected chi connectivity index (χ0v) is 16.9. The molecule has 2 heterocycles. The van der Waals surface area contributed by atoms with Crippen molar-refractivity contribution in [2.75, 3.05) is 5.32 Å². The lowest BCUT2D eigenvalue weighted by Gasteiger charge is -2.34. The molecule has 4 rings (SSSR count). The van der Waals surface area contributed by atoms with Crippen molar-refractivity contribution >= 4 is 33.0 Å². The number of sulfonamides is 1. The Hall–Kier alpha value is -2.69. The highest BCUT2D eigenvalue weighted by Crippen LogP contribution is 2.31. The second kappa shape index (κ2) is 7.86. The number of amides is 1. The van der Waals surface area contributed by atoms with Gasteiger partial charge in [0.15, 0.2) is 17.5 Å². The van der Waals surface area contributed by atoms with E-state index in [-0.39, 0.29) is 17.2 Å². The van der Waals surface area contributed by atoms with Crippen molar-refractivity contribution in [3.8, 4) is 0 Å². The van der Waals surface area contributed by atoms with Crippen molar-refractivity contribution < 1.29 is 26.4 Å². The van der Waals surface area contributed by atoms with Crippen LogP contribution in [0.25, 0.3) is 0 Å². The van der Waals surface area contributed by atoms with Gasteiger partial charge in [0.05, 0.1) is 5.69 Å². The molecule has 1 amide bonds. The fraction of sp³-hybridized carbons (Fsp3) is 0.150. The predicted octanol–water partition coefficient (Wildman–Crippen LogP) is 3.92. The number of fused-ring (bicyclic) bond motifs is 1. The molecule has 0 fully saturated rings. The van der Waals surface area contributed by atoms with Crippen molar-refractivity contribution in [1.82, 2.24) is 4.31 Å². The topological polar surface area (TPSA) is 66.5 Å². The highest BCUT2D eigenvalue weighted by Gasteiger charge is 2.40. The molecule has 2 aromatic carbocycles. The van der Waals surface area contributed by atoms with Crippen molar-refractivity contribution in [3.05, 3.63) is 82.5 Å². The van der Waals surface area contributed by atoms with Crippen LogP contribution >= 0.6 is 11.3 Å². The lowest BCUT2D eigenvalue weighted by molar-refractivity contribution is -0.120. The first kappa shape index (κ1) is 20.6. The van der Waals surface area contributed by atoms with Crippen molar-refractivity contribution in [3.63, 3.8) is 0 Å². The van der Waals surface area contributed by atoms with E-state index in [1.807, 2.05) is 0 Å². The number of carbonyl (C=O) groups excluding carboxylic acids is 1. The molecule has 0 radical (unpaired) electrons. The van der Waals surface area contributed by atoms with Crippen molar-refractivity contribution in [2.45, 2.75) is 23.2 Å². The molecule has 0 bridgehead atoms. The van der Waals surface area contributed by atoms with E-state index in [1.54, 1.807) is 35.7 Å². The maximum absolute atomic E-state index is 14.0. The summed E-state index contributed by atoms with van der Waals surface area (Å²) in [6.45, 7) is -0.0469. The standard InChI is InChI=1S/C20H15F3N2O3S2/c21-14-7-8-15(19(23)18(14)22)24-20(26)16-10-12-4-1-2-5-13(12)11-25(16)30(27,28)17-6-3-9-29-17/h1-9,16H,10-11H2,(H,24,26). The number of anilines is 1. The van der Waals surface area contributed by atoms with Gasteiger partial charge in [0.25, 0.3) is 10.0 Å². The molecule has 30 heavy (non-hydrogen) atoms. The Balaban J connectivity index is 1.72. The molecule has 0 aliphatic carbocycles. The summed E-state index contributed by atoms with van der Waals surface area (Å²) in [5.74, 6) is -5.49. The summed E-state index contributed by atoms with van der Waals surface area (Å²) in [7, 11) is -4.01. The Kier molecular flexibility index (Phi) is 5.39. The fourth-order valence-corrected chi connectivity index (χ4v) is 6.02. The van der Waals surface area contributed by atoms with Crippen LogP contribution in [-0.4, -0.2) is 24.7 Å². The number of hydrogen-bond acceptors (Lipinski definition) is 4. The third-order valence-electron chi connectivity index (χ3n) is 4.86. The molecule has 0 saturated carbocycles. The Bertz CT molecular complexity index is 1210. The Morgan fingerprint density at radius 1 is 1.00 bits per heavy atom. The molecule has 10 heteroatoms. The second-order valence-electron chi connectivity index (χ2n) is 6.68. The maximum Gasteiger partial charge on any atom is 0.253 e. The summed E-state index contributed by atoms with van der Waals surface area (Å²) in [5, 5.41) is 3.81. The van der Waals surface area contributed by atoms with Crippen LogP contribution in [-0.2, 0) is 27.8 Å². The van der Waals surface area contributed by atoms with E-state index in [0.717, 1.165) is 32.8 Å². The van der Waals surface area contributed by atoms with Gasteiger partial charge in [-0.3, -0.25) is 4.79 Å². The Morgan fingerprint density at radius 2 is 1.73 bits per heavy atom. The van der Waals surface area contributed by atoms with E-state index >= 15 is 0 Å². The molecular weight excluding hydrogens is 437 g/mol. The summed E-state index contributed by atoms with van der Waals surface area (Å²) in [6.07, 6.45) is 0.0535. The first-order valence-corrected chi connectivity index (χ1v) is 11.2. The first-order chi connectivity index (χ1) is 14.3. The quantitative estimate of drug-likeness (QED) is 0.611. The highest BCUT2D eigenvalue weighted by atomic mass is 32.2. The third-order valence-corrected chi connectivity index (χ3v) is 8.09. The maximum atomic E-state index is 14.0. The van der Waals surface area contributed by atoms with Gasteiger partial charge in [-0.15, -0.1) is 11.3 Å². The average Bonchev–Trinajstić information content (AvgIpc) is 3.29. The molecule has 0 spiro atoms. The van der Waals surface area contributed by atoms with Crippen molar-refractivity contribution in [2.24, 2.45) is 0 Å². The number of nitrogens with one attached hydrogen (secondary N) is 1. The van der Waals surface area contributed by atoms with Crippen LogP contribution in [0.5, 0.6) is 0 Å². The lowest BCUT2D eigenvalue weighted by atomic mass is 9.95. The molecule has 1 aliphatic heterocycles. The largest absolute Gasteiger partial charge is 0.322 e. The summed E-state index contributed by atoms with van der Waals surface area (Å²) in [5.41, 5.74) is 0.966. The number of carbonyl (C=O) groups is 1. The van der Waals surface area contributed by atoms with Crippen molar-refractivity contribution in [1.29, 1.82) is 0 Å². The van der Waals surface area contributed by atoms with E-state index < -0.39 is 45.1 Å². The van der Waals surface area contributed by atoms with Gasteiger partial charge in [-0.1, -0.05) is 30.3 Å². The van der Waals surface area contributed by atoms with Crippen LogP contribution in [0, 0.1) is 17.5 Å². The van der Waals surface area contributed by atoms with Gasteiger partial charge >= 0.3 is 0 Å². The number of thiophene rings is 1. The van der Waals surface area contributed by atoms with E-state index in [0.29, 0.717) is 6.07 Å². The highest BCUT2D eigenvalue weighted by molar-refractivity contribution is 7.91. The summed E-state index contributed by atoms with van der Waals surface area (Å²) >= 11 is 1.02. The molecular formula is C20H15F3N2O3S2. The van der Waals surface area contributed by atoms with Crippen LogP contribution in [0.1, 0.15) is 11.1 Å². The molecule has 5 nitrogen and oxygen atoms in total. The molecule has 0 saturated heterocycles. The molecule has 1 aromatic heterocycles. The minimum Gasteiger partial charge on any atom is -0.322 e. The van der Waals surface area contributed by atoms with Crippen LogP contribution in [0.4, 0.5) is 18.9 Å². The first-order valence-electron chi connectivity index (χ1n) is 8.85. The predicted molar refractivity (Wildman–Crippen MR) is 106 cm³/mol. The Morgan fingerprint density at radius 3 is 2.43 bits per heavy atom. The SMILES string of the molecule is O=C(Nc1ccc(F)c(F)c1F)C1Cc2ccccc2CN1S(=O)(=O)c1cccs1. The number of halogens is 3. The number of rotatable bonds is 4. The normalized spacial score (nSPS) is 16.8. The van der Waals surface area contributed by atoms with E-state index in [9.17, 15) is 26.4 Å². The van der Waals surface area contributed by atoms with Gasteiger partial charge in [0.2, 0.25) is 5.91 Å². The molecule has 1 aliphatic rings. The average molecular weight is 452 g/mol. The monoisotopic (exact) mass is 452 g/mol. The van der Waals surface area contributed by atoms with Crippen LogP contribution < -0.4 is 5.32 Å². The third kappa shape index (κ3) is 3.62. The zero-order valence-electron chi connectivity index (χ0n) is 15.3. The Labute approximate surface area is 174 Å². The van der Waals surface area contributed by atoms with E-state index in [4.69, 9.17) is 0 Å². The summed E-state index contributed by atoms with van der Waals surface area (Å²) < 4.78 is 68.2. The van der Waals surface area contributed by atoms with Gasteiger partial charge in [0, 0.05) is 6.54 Å². The summed E-state index contributed by atoms with van der Waals surface area (Å²) in [4.78, 5) is 13.0. The zero-order chi connectivity index (χ0) is 21.5. The minimum absolute atomic E-state index is 0.0469. The van der Waals surface area contributed by atoms with Gasteiger partial charge < -0.3 is 5.32 Å². The fourth-order valence-electron chi connectivity index (χ4n) is 3.34. The minimum atomic E-state index is -4.01. The second-order valence-corrected chi connectivity index (χ2v) is 9.75. The van der Waals surface area contributed by atoms with Crippen LogP contribution in [0.2, 0.25) is 0 Å². The number of benzene rings is 2. The van der Waals surface area contributed by atoms with Gasteiger partial charge in [-0.05, 0) is 41.1 Å². The lowest BCUT2D eigenvalue weighted by Crippen LogP contribution is -2.50. The van der Waals surface area contributed by atoms with Gasteiger partial charge in [0.1, 0.15) is 10.3 Å². The molecule has 156 valence electrons.